The summed E-state index contributed by atoms with van der Waals surface area (Å²) in [5, 5.41) is 0.981. The number of esters is 1. The van der Waals surface area contributed by atoms with E-state index in [-0.39, 0.29) is 17.3 Å². The van der Waals surface area contributed by atoms with Gasteiger partial charge in [0.2, 0.25) is 0 Å². The molecule has 0 fully saturated rings. The van der Waals surface area contributed by atoms with E-state index in [1.807, 2.05) is 74.8 Å². The van der Waals surface area contributed by atoms with E-state index in [1.54, 1.807) is 18.7 Å². The summed E-state index contributed by atoms with van der Waals surface area (Å²) in [5.74, 6) is -0.245. The number of hydrogen-bond donors (Lipinski definition) is 0. The number of ether oxygens (including phenoxy) is 2. The highest BCUT2D eigenvalue weighted by Crippen LogP contribution is 2.45. The molecule has 0 bridgehead atoms. The van der Waals surface area contributed by atoms with E-state index in [2.05, 4.69) is 35.3 Å². The summed E-state index contributed by atoms with van der Waals surface area (Å²) in [4.78, 5) is 23.1. The molecule has 0 aliphatic heterocycles. The summed E-state index contributed by atoms with van der Waals surface area (Å²) in [6, 6.07) is 19.7. The number of carbonyl (C=O) groups is 1. The molecule has 0 aliphatic carbocycles. The molecule has 47 heavy (non-hydrogen) atoms. The predicted octanol–water partition coefficient (Wildman–Crippen LogP) is 9.32. The Labute approximate surface area is 277 Å². The van der Waals surface area contributed by atoms with Gasteiger partial charge in [-0.15, -0.1) is 11.8 Å². The van der Waals surface area contributed by atoms with Crippen molar-refractivity contribution in [2.75, 3.05) is 6.61 Å². The van der Waals surface area contributed by atoms with Crippen molar-refractivity contribution in [3.05, 3.63) is 107 Å². The summed E-state index contributed by atoms with van der Waals surface area (Å²) < 4.78 is 52.7. The number of benzene rings is 2. The van der Waals surface area contributed by atoms with Crippen LogP contribution in [0.1, 0.15) is 61.7 Å². The van der Waals surface area contributed by atoms with E-state index >= 15 is 0 Å². The van der Waals surface area contributed by atoms with Gasteiger partial charge in [0, 0.05) is 51.2 Å². The van der Waals surface area contributed by atoms with Crippen LogP contribution in [0.3, 0.4) is 0 Å². The van der Waals surface area contributed by atoms with Gasteiger partial charge in [0.05, 0.1) is 23.6 Å². The number of halogens is 3. The van der Waals surface area contributed by atoms with Gasteiger partial charge in [0.25, 0.3) is 0 Å². The second-order valence-corrected chi connectivity index (χ2v) is 14.3. The molecule has 0 aliphatic rings. The van der Waals surface area contributed by atoms with E-state index in [0.717, 1.165) is 50.6 Å². The first-order chi connectivity index (χ1) is 22.2. The fraction of sp³-hybridized carbons (Fsp3) is 0.324. The molecule has 1 unspecified atom stereocenters. The maximum absolute atomic E-state index is 13.7. The SMILES string of the molecule is CCOC(=O)C(Cc1ccc(-c2ccc(C(F)(F)F)cn2)cc1)c1c(SC(C)(C)C)c2cc(OCc3ccc(C)cn3)ccc2n1C. The number of aryl methyl sites for hydroxylation is 2. The molecule has 0 N–H and O–H groups in total. The summed E-state index contributed by atoms with van der Waals surface area (Å²) in [6.07, 6.45) is -1.43. The molecule has 2 aromatic carbocycles. The van der Waals surface area contributed by atoms with Crippen molar-refractivity contribution in [2.24, 2.45) is 7.05 Å². The lowest BCUT2D eigenvalue weighted by Gasteiger charge is -2.23. The van der Waals surface area contributed by atoms with Crippen molar-refractivity contribution >= 4 is 28.6 Å². The van der Waals surface area contributed by atoms with Gasteiger partial charge in [-0.05, 0) is 67.8 Å². The summed E-state index contributed by atoms with van der Waals surface area (Å²) in [7, 11) is 1.97. The quantitative estimate of drug-likeness (QED) is 0.110. The van der Waals surface area contributed by atoms with E-state index in [9.17, 15) is 18.0 Å². The maximum Gasteiger partial charge on any atom is 0.417 e. The van der Waals surface area contributed by atoms with Gasteiger partial charge < -0.3 is 14.0 Å². The monoisotopic (exact) mass is 661 g/mol. The molecule has 0 radical (unpaired) electrons. The Hall–Kier alpha value is -4.31. The molecule has 0 spiro atoms. The van der Waals surface area contributed by atoms with Gasteiger partial charge in [-0.3, -0.25) is 14.8 Å². The van der Waals surface area contributed by atoms with Crippen LogP contribution in [0.4, 0.5) is 13.2 Å². The minimum atomic E-state index is -4.45. The van der Waals surface area contributed by atoms with E-state index in [1.165, 1.54) is 6.07 Å². The largest absolute Gasteiger partial charge is 0.487 e. The highest BCUT2D eigenvalue weighted by molar-refractivity contribution is 8.00. The summed E-state index contributed by atoms with van der Waals surface area (Å²) in [5.41, 5.74) is 4.92. The van der Waals surface area contributed by atoms with Crippen molar-refractivity contribution in [3.63, 3.8) is 0 Å². The van der Waals surface area contributed by atoms with Crippen LogP contribution >= 0.6 is 11.8 Å². The molecule has 0 amide bonds. The number of fused-ring (bicyclic) bond motifs is 1. The Balaban J connectivity index is 1.50. The van der Waals surface area contributed by atoms with Gasteiger partial charge in [-0.2, -0.15) is 13.2 Å². The molecule has 246 valence electrons. The molecule has 0 saturated carbocycles. The number of pyridine rings is 2. The first-order valence-corrected chi connectivity index (χ1v) is 16.2. The number of hydrogen-bond acceptors (Lipinski definition) is 6. The highest BCUT2D eigenvalue weighted by Gasteiger charge is 2.33. The lowest BCUT2D eigenvalue weighted by molar-refractivity contribution is -0.145. The van der Waals surface area contributed by atoms with Crippen LogP contribution in [0.25, 0.3) is 22.2 Å². The molecule has 6 nitrogen and oxygen atoms in total. The Morgan fingerprint density at radius 3 is 2.30 bits per heavy atom. The van der Waals surface area contributed by atoms with Crippen molar-refractivity contribution in [1.82, 2.24) is 14.5 Å². The highest BCUT2D eigenvalue weighted by atomic mass is 32.2. The second-order valence-electron chi connectivity index (χ2n) is 12.4. The van der Waals surface area contributed by atoms with Crippen LogP contribution in [0.15, 0.2) is 84.0 Å². The fourth-order valence-corrected chi connectivity index (χ4v) is 6.63. The zero-order valence-corrected chi connectivity index (χ0v) is 28.1. The minimum absolute atomic E-state index is 0.165. The van der Waals surface area contributed by atoms with Crippen LogP contribution in [-0.4, -0.2) is 31.9 Å². The third kappa shape index (κ3) is 8.16. The first kappa shape index (κ1) is 34.0. The van der Waals surface area contributed by atoms with E-state index in [0.29, 0.717) is 30.0 Å². The summed E-state index contributed by atoms with van der Waals surface area (Å²) >= 11 is 1.69. The van der Waals surface area contributed by atoms with Gasteiger partial charge >= 0.3 is 12.1 Å². The van der Waals surface area contributed by atoms with Gasteiger partial charge in [0.1, 0.15) is 18.3 Å². The number of thioether (sulfide) groups is 1. The minimum Gasteiger partial charge on any atom is -0.487 e. The average molecular weight is 662 g/mol. The standard InChI is InChI=1S/C37H38F3N3O3S/c1-7-45-35(44)30(18-24-9-11-25(12-10-24)31-16-13-26(21-42-31)37(38,39)40)33-34(47-36(3,4)5)29-19-28(15-17-32(29)43(33)6)46-22-27-14-8-23(2)20-41-27/h8-17,19-21,30H,7,18,22H2,1-6H3. The Morgan fingerprint density at radius 2 is 1.70 bits per heavy atom. The fourth-order valence-electron chi connectivity index (χ4n) is 5.36. The van der Waals surface area contributed by atoms with Crippen molar-refractivity contribution < 1.29 is 27.4 Å². The Bertz CT molecular complexity index is 1840. The van der Waals surface area contributed by atoms with Crippen molar-refractivity contribution in [3.8, 4) is 17.0 Å². The lowest BCUT2D eigenvalue weighted by Crippen LogP contribution is -2.22. The first-order valence-electron chi connectivity index (χ1n) is 15.4. The van der Waals surface area contributed by atoms with Gasteiger partial charge in [-0.1, -0.05) is 51.1 Å². The maximum atomic E-state index is 13.7. The van der Waals surface area contributed by atoms with Gasteiger partial charge in [-0.25, -0.2) is 0 Å². The van der Waals surface area contributed by atoms with Crippen molar-refractivity contribution in [2.45, 2.75) is 69.4 Å². The Kier molecular flexibility index (Phi) is 10.0. The summed E-state index contributed by atoms with van der Waals surface area (Å²) in [6.45, 7) is 10.8. The number of aromatic nitrogens is 3. The average Bonchev–Trinajstić information content (AvgIpc) is 3.28. The molecular weight excluding hydrogens is 623 g/mol. The number of nitrogens with zero attached hydrogens (tertiary/aromatic N) is 3. The molecule has 5 rings (SSSR count). The number of rotatable bonds is 10. The molecule has 5 aromatic rings. The van der Waals surface area contributed by atoms with E-state index in [4.69, 9.17) is 9.47 Å². The normalized spacial score (nSPS) is 12.7. The smallest absolute Gasteiger partial charge is 0.417 e. The van der Waals surface area contributed by atoms with Crippen molar-refractivity contribution in [1.29, 1.82) is 0 Å². The molecule has 10 heteroatoms. The number of alkyl halides is 3. The molecule has 1 atom stereocenters. The van der Waals surface area contributed by atoms with Crippen LogP contribution in [0, 0.1) is 6.92 Å². The predicted molar refractivity (Wildman–Crippen MR) is 180 cm³/mol. The van der Waals surface area contributed by atoms with Crippen LogP contribution < -0.4 is 4.74 Å². The second kappa shape index (κ2) is 13.8. The molecular formula is C37H38F3N3O3S. The molecule has 3 heterocycles. The third-order valence-corrected chi connectivity index (χ3v) is 8.86. The van der Waals surface area contributed by atoms with Crippen LogP contribution in [0.2, 0.25) is 0 Å². The van der Waals surface area contributed by atoms with Crippen LogP contribution in [-0.2, 0) is 35.8 Å². The number of carbonyl (C=O) groups excluding carboxylic acids is 1. The molecule has 3 aromatic heterocycles. The Morgan fingerprint density at radius 1 is 0.957 bits per heavy atom. The lowest BCUT2D eigenvalue weighted by atomic mass is 9.94. The van der Waals surface area contributed by atoms with Crippen LogP contribution in [0.5, 0.6) is 5.75 Å². The molecule has 0 saturated heterocycles. The third-order valence-electron chi connectivity index (χ3n) is 7.62. The van der Waals surface area contributed by atoms with E-state index < -0.39 is 17.7 Å². The zero-order valence-electron chi connectivity index (χ0n) is 27.3. The van der Waals surface area contributed by atoms with Gasteiger partial charge in [0.15, 0.2) is 0 Å². The zero-order chi connectivity index (χ0) is 33.9. The topological polar surface area (TPSA) is 66.2 Å².